The first kappa shape index (κ1) is 24.9. The van der Waals surface area contributed by atoms with Crippen LogP contribution in [0.1, 0.15) is 40.0 Å². The molecule has 1 rings (SSSR count). The van der Waals surface area contributed by atoms with Gasteiger partial charge in [-0.2, -0.15) is 0 Å². The number of hydrogen-bond acceptors (Lipinski definition) is 4. The smallest absolute Gasteiger partial charge is 0.211 e. The van der Waals surface area contributed by atoms with E-state index in [1.165, 1.54) is 10.6 Å². The molecule has 1 aliphatic heterocycles. The summed E-state index contributed by atoms with van der Waals surface area (Å²) in [5.74, 6) is 0.806. The minimum absolute atomic E-state index is 0. The summed E-state index contributed by atoms with van der Waals surface area (Å²) < 4.78 is 24.6. The Hall–Kier alpha value is -0.130. The quantitative estimate of drug-likeness (QED) is 0.233. The van der Waals surface area contributed by atoms with Crippen LogP contribution >= 0.6 is 24.0 Å². The molecule has 0 aliphatic carbocycles. The number of hydrogen-bond donors (Lipinski definition) is 2. The molecule has 0 aromatic heterocycles. The Morgan fingerprint density at radius 3 is 2.36 bits per heavy atom. The zero-order valence-corrected chi connectivity index (χ0v) is 19.4. The molecule has 0 saturated carbocycles. The number of sulfonamides is 1. The van der Waals surface area contributed by atoms with E-state index in [-0.39, 0.29) is 24.0 Å². The summed E-state index contributed by atoms with van der Waals surface area (Å²) in [6, 6.07) is 1.06. The molecule has 0 aromatic carbocycles. The van der Waals surface area contributed by atoms with E-state index in [1.54, 1.807) is 7.05 Å². The van der Waals surface area contributed by atoms with Crippen molar-refractivity contribution in [1.29, 1.82) is 0 Å². The van der Waals surface area contributed by atoms with E-state index in [2.05, 4.69) is 34.4 Å². The van der Waals surface area contributed by atoms with Crippen molar-refractivity contribution in [3.05, 3.63) is 0 Å². The van der Waals surface area contributed by atoms with Gasteiger partial charge >= 0.3 is 0 Å². The Labute approximate surface area is 171 Å². The number of guanidine groups is 1. The summed E-state index contributed by atoms with van der Waals surface area (Å²) in [6.45, 7) is 10.3. The third-order valence-corrected chi connectivity index (χ3v) is 5.90. The Bertz CT molecular complexity index is 491. The van der Waals surface area contributed by atoms with Gasteiger partial charge in [-0.15, -0.1) is 24.0 Å². The van der Waals surface area contributed by atoms with Crippen molar-refractivity contribution in [3.63, 3.8) is 0 Å². The normalized spacial score (nSPS) is 17.6. The van der Waals surface area contributed by atoms with Gasteiger partial charge < -0.3 is 15.5 Å². The van der Waals surface area contributed by atoms with Crippen molar-refractivity contribution in [2.24, 2.45) is 4.99 Å². The van der Waals surface area contributed by atoms with Crippen LogP contribution in [0.3, 0.4) is 0 Å². The highest BCUT2D eigenvalue weighted by Gasteiger charge is 2.21. The van der Waals surface area contributed by atoms with Crippen LogP contribution in [0.2, 0.25) is 0 Å². The molecule has 1 fully saturated rings. The lowest BCUT2D eigenvalue weighted by Gasteiger charge is -2.35. The molecule has 0 unspecified atom stereocenters. The Balaban J connectivity index is 0.00000576. The molecule has 2 N–H and O–H groups in total. The summed E-state index contributed by atoms with van der Waals surface area (Å²) >= 11 is 0. The van der Waals surface area contributed by atoms with Crippen molar-refractivity contribution in [2.45, 2.75) is 52.1 Å². The molecule has 9 heteroatoms. The van der Waals surface area contributed by atoms with E-state index < -0.39 is 10.0 Å². The van der Waals surface area contributed by atoms with Gasteiger partial charge in [0.2, 0.25) is 10.0 Å². The summed E-state index contributed by atoms with van der Waals surface area (Å²) in [6.07, 6.45) is 4.26. The molecule has 0 bridgehead atoms. The van der Waals surface area contributed by atoms with Gasteiger partial charge in [0.25, 0.3) is 0 Å². The molecule has 150 valence electrons. The second kappa shape index (κ2) is 12.3. The van der Waals surface area contributed by atoms with Crippen LogP contribution < -0.4 is 10.6 Å². The molecule has 0 aromatic rings. The number of piperidine rings is 1. The lowest BCUT2D eigenvalue weighted by molar-refractivity contribution is 0.167. The average molecular weight is 489 g/mol. The average Bonchev–Trinajstić information content (AvgIpc) is 2.52. The van der Waals surface area contributed by atoms with Crippen molar-refractivity contribution in [3.8, 4) is 0 Å². The SMILES string of the molecule is CCN(CCCNC(=NC)NC1CCN(C(C)C)CC1)S(C)(=O)=O.I. The summed E-state index contributed by atoms with van der Waals surface area (Å²) in [5.41, 5.74) is 0. The number of nitrogens with zero attached hydrogens (tertiary/aromatic N) is 3. The number of rotatable bonds is 8. The van der Waals surface area contributed by atoms with Gasteiger partial charge in [-0.05, 0) is 33.1 Å². The first-order chi connectivity index (χ1) is 11.3. The highest BCUT2D eigenvalue weighted by atomic mass is 127. The molecule has 0 spiro atoms. The predicted octanol–water partition coefficient (Wildman–Crippen LogP) is 1.31. The largest absolute Gasteiger partial charge is 0.356 e. The van der Waals surface area contributed by atoms with Crippen LogP contribution in [0, 0.1) is 0 Å². The molecule has 0 radical (unpaired) electrons. The molecule has 1 aliphatic rings. The van der Waals surface area contributed by atoms with Gasteiger partial charge in [-0.3, -0.25) is 4.99 Å². The molecular formula is C16H36IN5O2S. The van der Waals surface area contributed by atoms with E-state index in [4.69, 9.17) is 0 Å². The van der Waals surface area contributed by atoms with Crippen LogP contribution in [0.25, 0.3) is 0 Å². The summed E-state index contributed by atoms with van der Waals surface area (Å²) in [5, 5.41) is 6.76. The van der Waals surface area contributed by atoms with E-state index in [9.17, 15) is 8.42 Å². The second-order valence-corrected chi connectivity index (χ2v) is 8.64. The van der Waals surface area contributed by atoms with Crippen molar-refractivity contribution < 1.29 is 8.42 Å². The number of aliphatic imine (C=N–C) groups is 1. The Kier molecular flexibility index (Phi) is 12.2. The maximum Gasteiger partial charge on any atom is 0.211 e. The fraction of sp³-hybridized carbons (Fsp3) is 0.938. The minimum Gasteiger partial charge on any atom is -0.356 e. The van der Waals surface area contributed by atoms with Crippen LogP contribution in [-0.4, -0.2) is 81.7 Å². The van der Waals surface area contributed by atoms with Crippen molar-refractivity contribution in [1.82, 2.24) is 19.8 Å². The molecule has 25 heavy (non-hydrogen) atoms. The van der Waals surface area contributed by atoms with Gasteiger partial charge in [0, 0.05) is 51.9 Å². The molecule has 7 nitrogen and oxygen atoms in total. The number of nitrogens with one attached hydrogen (secondary N) is 2. The molecule has 0 amide bonds. The van der Waals surface area contributed by atoms with Crippen LogP contribution in [0.15, 0.2) is 4.99 Å². The highest BCUT2D eigenvalue weighted by molar-refractivity contribution is 14.0. The maximum absolute atomic E-state index is 11.5. The van der Waals surface area contributed by atoms with E-state index in [0.717, 1.165) is 38.3 Å². The second-order valence-electron chi connectivity index (χ2n) is 6.66. The third-order valence-electron chi connectivity index (χ3n) is 4.52. The van der Waals surface area contributed by atoms with Crippen LogP contribution in [0.4, 0.5) is 0 Å². The standard InChI is InChI=1S/C16H35N5O2S.HI/c1-6-21(24(5,22)23)11-7-10-18-16(17-4)19-15-8-12-20(13-9-15)14(2)3;/h14-15H,6-13H2,1-5H3,(H2,17,18,19);1H. The summed E-state index contributed by atoms with van der Waals surface area (Å²) in [7, 11) is -1.33. The highest BCUT2D eigenvalue weighted by Crippen LogP contribution is 2.12. The summed E-state index contributed by atoms with van der Waals surface area (Å²) in [4.78, 5) is 6.77. The molecule has 1 saturated heterocycles. The monoisotopic (exact) mass is 489 g/mol. The first-order valence-electron chi connectivity index (χ1n) is 8.94. The van der Waals surface area contributed by atoms with Gasteiger partial charge in [0.15, 0.2) is 5.96 Å². The van der Waals surface area contributed by atoms with E-state index >= 15 is 0 Å². The van der Waals surface area contributed by atoms with Gasteiger partial charge in [-0.25, -0.2) is 12.7 Å². The van der Waals surface area contributed by atoms with E-state index in [0.29, 0.717) is 31.7 Å². The fourth-order valence-corrected chi connectivity index (χ4v) is 3.90. The van der Waals surface area contributed by atoms with Crippen LogP contribution in [0.5, 0.6) is 0 Å². The minimum atomic E-state index is -3.10. The lowest BCUT2D eigenvalue weighted by atomic mass is 10.0. The molecule has 0 atom stereocenters. The first-order valence-corrected chi connectivity index (χ1v) is 10.8. The fourth-order valence-electron chi connectivity index (χ4n) is 2.97. The van der Waals surface area contributed by atoms with Crippen LogP contribution in [-0.2, 0) is 10.0 Å². The van der Waals surface area contributed by atoms with Crippen molar-refractivity contribution >= 4 is 40.0 Å². The van der Waals surface area contributed by atoms with E-state index in [1.807, 2.05) is 6.92 Å². The topological polar surface area (TPSA) is 77.0 Å². The maximum atomic E-state index is 11.5. The predicted molar refractivity (Wildman–Crippen MR) is 116 cm³/mol. The lowest BCUT2D eigenvalue weighted by Crippen LogP contribution is -2.50. The van der Waals surface area contributed by atoms with Gasteiger partial charge in [0.05, 0.1) is 6.26 Å². The number of halogens is 1. The third kappa shape index (κ3) is 9.39. The zero-order valence-electron chi connectivity index (χ0n) is 16.3. The molecular weight excluding hydrogens is 453 g/mol. The molecule has 1 heterocycles. The van der Waals surface area contributed by atoms with Gasteiger partial charge in [0.1, 0.15) is 0 Å². The Morgan fingerprint density at radius 1 is 1.32 bits per heavy atom. The zero-order chi connectivity index (χ0) is 18.2. The van der Waals surface area contributed by atoms with Gasteiger partial charge in [-0.1, -0.05) is 6.92 Å². The Morgan fingerprint density at radius 2 is 1.92 bits per heavy atom. The number of likely N-dealkylation sites (tertiary alicyclic amines) is 1. The van der Waals surface area contributed by atoms with Crippen molar-refractivity contribution in [2.75, 3.05) is 46.0 Å².